The molecule has 0 aliphatic rings. The Morgan fingerprint density at radius 2 is 2.28 bits per heavy atom. The Hall–Kier alpha value is -1.62. The molecule has 1 aromatic heterocycles. The van der Waals surface area contributed by atoms with Gasteiger partial charge in [0.2, 0.25) is 0 Å². The Bertz CT molecular complexity index is 551. The Balaban J connectivity index is 2.13. The van der Waals surface area contributed by atoms with Gasteiger partial charge >= 0.3 is 5.97 Å². The zero-order chi connectivity index (χ0) is 13.0. The monoisotopic (exact) mass is 308 g/mol. The van der Waals surface area contributed by atoms with Crippen molar-refractivity contribution >= 4 is 21.9 Å². The standard InChI is InChI=1S/C13H13BrN2O2/c1-2-18-13(17)9-16-8-11(7-15-16)10-4-3-5-12(14)6-10/h3-8H,2,9H2,1H3. The predicted octanol–water partition coefficient (Wildman–Crippen LogP) is 2.88. The molecule has 0 unspecified atom stereocenters. The summed E-state index contributed by atoms with van der Waals surface area (Å²) in [5.41, 5.74) is 2.03. The van der Waals surface area contributed by atoms with Gasteiger partial charge < -0.3 is 4.74 Å². The van der Waals surface area contributed by atoms with E-state index in [0.717, 1.165) is 15.6 Å². The first-order chi connectivity index (χ1) is 8.69. The minimum Gasteiger partial charge on any atom is -0.465 e. The minimum atomic E-state index is -0.276. The van der Waals surface area contributed by atoms with Crippen LogP contribution < -0.4 is 0 Å². The van der Waals surface area contributed by atoms with Crippen LogP contribution in [0.25, 0.3) is 11.1 Å². The zero-order valence-electron chi connectivity index (χ0n) is 9.97. The summed E-state index contributed by atoms with van der Waals surface area (Å²) in [4.78, 5) is 11.3. The van der Waals surface area contributed by atoms with Gasteiger partial charge in [-0.05, 0) is 24.6 Å². The first-order valence-corrected chi connectivity index (χ1v) is 6.42. The number of hydrogen-bond donors (Lipinski definition) is 0. The number of aromatic nitrogens is 2. The SMILES string of the molecule is CCOC(=O)Cn1cc(-c2cccc(Br)c2)cn1. The third-order valence-electron chi connectivity index (χ3n) is 2.39. The molecule has 0 atom stereocenters. The van der Waals surface area contributed by atoms with E-state index in [1.165, 1.54) is 0 Å². The lowest BCUT2D eigenvalue weighted by Crippen LogP contribution is -2.13. The number of halogens is 1. The van der Waals surface area contributed by atoms with Gasteiger partial charge in [-0.1, -0.05) is 28.1 Å². The molecule has 1 heterocycles. The van der Waals surface area contributed by atoms with E-state index in [1.54, 1.807) is 17.8 Å². The smallest absolute Gasteiger partial charge is 0.327 e. The summed E-state index contributed by atoms with van der Waals surface area (Å²) in [5, 5.41) is 4.14. The van der Waals surface area contributed by atoms with E-state index in [-0.39, 0.29) is 12.5 Å². The number of hydrogen-bond acceptors (Lipinski definition) is 3. The lowest BCUT2D eigenvalue weighted by Gasteiger charge is -2.01. The van der Waals surface area contributed by atoms with E-state index in [0.29, 0.717) is 6.61 Å². The molecule has 0 aliphatic heterocycles. The van der Waals surface area contributed by atoms with E-state index in [4.69, 9.17) is 4.74 Å². The van der Waals surface area contributed by atoms with Crippen molar-refractivity contribution in [2.24, 2.45) is 0 Å². The Morgan fingerprint density at radius 1 is 1.44 bits per heavy atom. The maximum atomic E-state index is 11.3. The van der Waals surface area contributed by atoms with Gasteiger partial charge in [0.1, 0.15) is 6.54 Å². The molecule has 0 amide bonds. The summed E-state index contributed by atoms with van der Waals surface area (Å²) >= 11 is 3.43. The van der Waals surface area contributed by atoms with E-state index < -0.39 is 0 Å². The second kappa shape index (κ2) is 5.82. The summed E-state index contributed by atoms with van der Waals surface area (Å²) in [6.07, 6.45) is 3.57. The van der Waals surface area contributed by atoms with Gasteiger partial charge in [-0.15, -0.1) is 0 Å². The van der Waals surface area contributed by atoms with E-state index in [2.05, 4.69) is 21.0 Å². The highest BCUT2D eigenvalue weighted by atomic mass is 79.9. The molecule has 0 radical (unpaired) electrons. The molecular formula is C13H13BrN2O2. The molecule has 0 bridgehead atoms. The van der Waals surface area contributed by atoms with Gasteiger partial charge in [-0.2, -0.15) is 5.10 Å². The number of rotatable bonds is 4. The fraction of sp³-hybridized carbons (Fsp3) is 0.231. The average molecular weight is 309 g/mol. The highest BCUT2D eigenvalue weighted by Crippen LogP contribution is 2.22. The van der Waals surface area contributed by atoms with Crippen molar-refractivity contribution in [1.29, 1.82) is 0 Å². The first kappa shape index (κ1) is 12.8. The second-order valence-corrected chi connectivity index (χ2v) is 4.66. The maximum absolute atomic E-state index is 11.3. The molecule has 18 heavy (non-hydrogen) atoms. The van der Waals surface area contributed by atoms with Crippen molar-refractivity contribution in [2.45, 2.75) is 13.5 Å². The predicted molar refractivity (Wildman–Crippen MR) is 72.0 cm³/mol. The summed E-state index contributed by atoms with van der Waals surface area (Å²) in [7, 11) is 0. The first-order valence-electron chi connectivity index (χ1n) is 5.63. The summed E-state index contributed by atoms with van der Waals surface area (Å²) in [6.45, 7) is 2.31. The van der Waals surface area contributed by atoms with E-state index in [9.17, 15) is 4.79 Å². The van der Waals surface area contributed by atoms with Crippen LogP contribution in [0.4, 0.5) is 0 Å². The van der Waals surface area contributed by atoms with Crippen LogP contribution in [0, 0.1) is 0 Å². The van der Waals surface area contributed by atoms with E-state index >= 15 is 0 Å². The normalized spacial score (nSPS) is 10.3. The molecule has 2 aromatic rings. The Morgan fingerprint density at radius 3 is 3.00 bits per heavy atom. The van der Waals surface area contributed by atoms with Crippen molar-refractivity contribution in [1.82, 2.24) is 9.78 Å². The second-order valence-electron chi connectivity index (χ2n) is 3.74. The molecule has 0 fully saturated rings. The quantitative estimate of drug-likeness (QED) is 0.816. The van der Waals surface area contributed by atoms with Crippen LogP contribution in [-0.2, 0) is 16.1 Å². The number of nitrogens with zero attached hydrogens (tertiary/aromatic N) is 2. The molecule has 1 aromatic carbocycles. The molecule has 0 N–H and O–H groups in total. The van der Waals surface area contributed by atoms with Crippen molar-refractivity contribution in [2.75, 3.05) is 6.61 Å². The fourth-order valence-corrected chi connectivity index (χ4v) is 2.01. The molecule has 5 heteroatoms. The molecule has 2 rings (SSSR count). The van der Waals surface area contributed by atoms with Crippen LogP contribution in [0.1, 0.15) is 6.92 Å². The molecule has 4 nitrogen and oxygen atoms in total. The number of carbonyl (C=O) groups excluding carboxylic acids is 1. The van der Waals surface area contributed by atoms with Crippen LogP contribution in [0.2, 0.25) is 0 Å². The maximum Gasteiger partial charge on any atom is 0.327 e. The van der Waals surface area contributed by atoms with Crippen LogP contribution in [0.5, 0.6) is 0 Å². The van der Waals surface area contributed by atoms with Crippen LogP contribution >= 0.6 is 15.9 Å². The van der Waals surface area contributed by atoms with Crippen LogP contribution in [-0.4, -0.2) is 22.4 Å². The minimum absolute atomic E-state index is 0.141. The highest BCUT2D eigenvalue weighted by molar-refractivity contribution is 9.10. The fourth-order valence-electron chi connectivity index (χ4n) is 1.61. The molecule has 94 valence electrons. The zero-order valence-corrected chi connectivity index (χ0v) is 11.6. The Labute approximate surface area is 114 Å². The molecule has 0 saturated carbocycles. The van der Waals surface area contributed by atoms with Gasteiger partial charge in [0.15, 0.2) is 0 Å². The lowest BCUT2D eigenvalue weighted by molar-refractivity contribution is -0.144. The number of benzene rings is 1. The molecule has 0 saturated heterocycles. The average Bonchev–Trinajstić information content (AvgIpc) is 2.78. The largest absolute Gasteiger partial charge is 0.465 e. The summed E-state index contributed by atoms with van der Waals surface area (Å²) in [5.74, 6) is -0.276. The number of esters is 1. The molecular weight excluding hydrogens is 296 g/mol. The van der Waals surface area contributed by atoms with Crippen LogP contribution in [0.3, 0.4) is 0 Å². The van der Waals surface area contributed by atoms with Crippen molar-refractivity contribution in [3.8, 4) is 11.1 Å². The Kier molecular flexibility index (Phi) is 4.15. The van der Waals surface area contributed by atoms with Gasteiger partial charge in [0, 0.05) is 16.2 Å². The van der Waals surface area contributed by atoms with Crippen molar-refractivity contribution in [3.63, 3.8) is 0 Å². The van der Waals surface area contributed by atoms with Crippen molar-refractivity contribution < 1.29 is 9.53 Å². The third-order valence-corrected chi connectivity index (χ3v) is 2.88. The third kappa shape index (κ3) is 3.20. The molecule has 0 spiro atoms. The topological polar surface area (TPSA) is 44.1 Å². The number of carbonyl (C=O) groups is 1. The van der Waals surface area contributed by atoms with E-state index in [1.807, 2.05) is 30.5 Å². The van der Waals surface area contributed by atoms with Gasteiger partial charge in [-0.3, -0.25) is 9.48 Å². The van der Waals surface area contributed by atoms with Gasteiger partial charge in [-0.25, -0.2) is 0 Å². The summed E-state index contributed by atoms with van der Waals surface area (Å²) < 4.78 is 7.46. The molecule has 0 aliphatic carbocycles. The van der Waals surface area contributed by atoms with Crippen molar-refractivity contribution in [3.05, 3.63) is 41.1 Å². The lowest BCUT2D eigenvalue weighted by atomic mass is 10.1. The summed E-state index contributed by atoms with van der Waals surface area (Å²) in [6, 6.07) is 7.93. The number of ether oxygens (including phenoxy) is 1. The van der Waals surface area contributed by atoms with Gasteiger partial charge in [0.05, 0.1) is 12.8 Å². The highest BCUT2D eigenvalue weighted by Gasteiger charge is 2.06. The van der Waals surface area contributed by atoms with Crippen LogP contribution in [0.15, 0.2) is 41.1 Å². The van der Waals surface area contributed by atoms with Gasteiger partial charge in [0.25, 0.3) is 0 Å².